The first-order valence-corrected chi connectivity index (χ1v) is 7.06. The number of rotatable bonds is 4. The van der Waals surface area contributed by atoms with Gasteiger partial charge in [-0.15, -0.1) is 0 Å². The van der Waals surface area contributed by atoms with Crippen molar-refractivity contribution in [2.24, 2.45) is 16.8 Å². The molecule has 1 aliphatic rings. The summed E-state index contributed by atoms with van der Waals surface area (Å²) in [6.45, 7) is 2.63. The molecular formula is C15H21N3O3. The molecule has 0 aromatic heterocycles. The Morgan fingerprint density at radius 3 is 2.90 bits per heavy atom. The molecular weight excluding hydrogens is 270 g/mol. The Labute approximate surface area is 124 Å². The summed E-state index contributed by atoms with van der Waals surface area (Å²) in [4.78, 5) is 14.2. The number of ether oxygens (including phenoxy) is 1. The van der Waals surface area contributed by atoms with Crippen molar-refractivity contribution < 1.29 is 14.7 Å². The molecule has 1 heterocycles. The molecule has 1 aromatic rings. The lowest BCUT2D eigenvalue weighted by Crippen LogP contribution is -2.37. The third-order valence-corrected chi connectivity index (χ3v) is 3.91. The van der Waals surface area contributed by atoms with Gasteiger partial charge < -0.3 is 20.6 Å². The van der Waals surface area contributed by atoms with E-state index < -0.39 is 0 Å². The normalized spacial score (nSPS) is 22.3. The zero-order valence-corrected chi connectivity index (χ0v) is 12.3. The van der Waals surface area contributed by atoms with E-state index in [4.69, 9.17) is 15.7 Å². The maximum Gasteiger partial charge on any atom is 0.232 e. The molecule has 0 radical (unpaired) electrons. The predicted molar refractivity (Wildman–Crippen MR) is 80.5 cm³/mol. The number of amidine groups is 1. The molecule has 0 spiro atoms. The summed E-state index contributed by atoms with van der Waals surface area (Å²) in [6, 6.07) is 7.09. The summed E-state index contributed by atoms with van der Waals surface area (Å²) >= 11 is 0. The van der Waals surface area contributed by atoms with Crippen LogP contribution >= 0.6 is 0 Å². The van der Waals surface area contributed by atoms with Gasteiger partial charge in [0.15, 0.2) is 5.84 Å². The van der Waals surface area contributed by atoms with Gasteiger partial charge in [-0.05, 0) is 25.0 Å². The van der Waals surface area contributed by atoms with E-state index in [2.05, 4.69) is 5.16 Å². The topological polar surface area (TPSA) is 88.2 Å². The lowest BCUT2D eigenvalue weighted by Gasteiger charge is -2.25. The number of oxime groups is 1. The average Bonchev–Trinajstić information content (AvgIpc) is 3.01. The van der Waals surface area contributed by atoms with Crippen LogP contribution in [0, 0.1) is 5.92 Å². The molecule has 2 unspecified atom stereocenters. The van der Waals surface area contributed by atoms with Crippen LogP contribution < -0.4 is 10.6 Å². The van der Waals surface area contributed by atoms with Gasteiger partial charge in [0.05, 0.1) is 17.7 Å². The smallest absolute Gasteiger partial charge is 0.232 e. The Morgan fingerprint density at radius 2 is 2.24 bits per heavy atom. The maximum atomic E-state index is 12.7. The molecule has 2 rings (SSSR count). The zero-order chi connectivity index (χ0) is 15.4. The standard InChI is InChI=1S/C15H21N3O3/c1-3-13-11(8-9-21-13)15(19)18(2)12-7-5-4-6-10(12)14(16)17-20/h4-7,11,13,20H,3,8-9H2,1-2H3,(H2,16,17). The number of hydrogen-bond acceptors (Lipinski definition) is 4. The molecule has 114 valence electrons. The zero-order valence-electron chi connectivity index (χ0n) is 12.3. The van der Waals surface area contributed by atoms with Gasteiger partial charge in [0.25, 0.3) is 0 Å². The molecule has 6 nitrogen and oxygen atoms in total. The molecule has 2 atom stereocenters. The monoisotopic (exact) mass is 291 g/mol. The van der Waals surface area contributed by atoms with Crippen LogP contribution in [0.15, 0.2) is 29.4 Å². The van der Waals surface area contributed by atoms with Crippen LogP contribution in [-0.4, -0.2) is 36.7 Å². The molecule has 1 aromatic carbocycles. The number of amides is 1. The predicted octanol–water partition coefficient (Wildman–Crippen LogP) is 1.56. The van der Waals surface area contributed by atoms with E-state index in [-0.39, 0.29) is 23.8 Å². The summed E-state index contributed by atoms with van der Waals surface area (Å²) in [6.07, 6.45) is 1.51. The van der Waals surface area contributed by atoms with Gasteiger partial charge in [0, 0.05) is 19.2 Å². The van der Waals surface area contributed by atoms with E-state index in [0.29, 0.717) is 17.9 Å². The van der Waals surface area contributed by atoms with Gasteiger partial charge in [0.1, 0.15) is 0 Å². The van der Waals surface area contributed by atoms with Crippen molar-refractivity contribution in [1.29, 1.82) is 0 Å². The van der Waals surface area contributed by atoms with E-state index in [0.717, 1.165) is 12.8 Å². The summed E-state index contributed by atoms with van der Waals surface area (Å²) in [5.41, 5.74) is 6.83. The first-order chi connectivity index (χ1) is 10.1. The highest BCUT2D eigenvalue weighted by molar-refractivity contribution is 6.06. The lowest BCUT2D eigenvalue weighted by molar-refractivity contribution is -0.123. The van der Waals surface area contributed by atoms with Gasteiger partial charge in [0.2, 0.25) is 5.91 Å². The first-order valence-electron chi connectivity index (χ1n) is 7.06. The summed E-state index contributed by atoms with van der Waals surface area (Å²) in [7, 11) is 1.71. The van der Waals surface area contributed by atoms with Crippen molar-refractivity contribution in [3.8, 4) is 0 Å². The second kappa shape index (κ2) is 6.58. The number of para-hydroxylation sites is 1. The minimum Gasteiger partial charge on any atom is -0.409 e. The van der Waals surface area contributed by atoms with Gasteiger partial charge >= 0.3 is 0 Å². The fourth-order valence-electron chi connectivity index (χ4n) is 2.74. The van der Waals surface area contributed by atoms with Crippen LogP contribution in [0.4, 0.5) is 5.69 Å². The van der Waals surface area contributed by atoms with Crippen molar-refractivity contribution in [2.45, 2.75) is 25.9 Å². The highest BCUT2D eigenvalue weighted by atomic mass is 16.5. The van der Waals surface area contributed by atoms with Crippen molar-refractivity contribution >= 4 is 17.4 Å². The molecule has 0 aliphatic carbocycles. The fourth-order valence-corrected chi connectivity index (χ4v) is 2.74. The van der Waals surface area contributed by atoms with E-state index >= 15 is 0 Å². The lowest BCUT2D eigenvalue weighted by atomic mass is 9.97. The third kappa shape index (κ3) is 3.00. The third-order valence-electron chi connectivity index (χ3n) is 3.91. The Kier molecular flexibility index (Phi) is 4.80. The molecule has 1 aliphatic heterocycles. The molecule has 21 heavy (non-hydrogen) atoms. The second-order valence-electron chi connectivity index (χ2n) is 5.11. The van der Waals surface area contributed by atoms with E-state index in [9.17, 15) is 4.79 Å². The van der Waals surface area contributed by atoms with Crippen LogP contribution in [0.1, 0.15) is 25.3 Å². The number of carbonyl (C=O) groups excluding carboxylic acids is 1. The van der Waals surface area contributed by atoms with Crippen LogP contribution in [0.3, 0.4) is 0 Å². The first kappa shape index (κ1) is 15.3. The Morgan fingerprint density at radius 1 is 1.52 bits per heavy atom. The van der Waals surface area contributed by atoms with Crippen molar-refractivity contribution in [2.75, 3.05) is 18.6 Å². The number of carbonyl (C=O) groups is 1. The maximum absolute atomic E-state index is 12.7. The van der Waals surface area contributed by atoms with Crippen LogP contribution in [-0.2, 0) is 9.53 Å². The molecule has 0 saturated carbocycles. The van der Waals surface area contributed by atoms with Crippen molar-refractivity contribution in [1.82, 2.24) is 0 Å². The van der Waals surface area contributed by atoms with Crippen LogP contribution in [0.2, 0.25) is 0 Å². The summed E-state index contributed by atoms with van der Waals surface area (Å²) in [5.74, 6) is -0.155. The number of nitrogens with two attached hydrogens (primary N) is 1. The molecule has 3 N–H and O–H groups in total. The van der Waals surface area contributed by atoms with Crippen LogP contribution in [0.5, 0.6) is 0 Å². The molecule has 1 saturated heterocycles. The SMILES string of the molecule is CCC1OCCC1C(=O)N(C)c1ccccc1/C(N)=N/O. The molecule has 6 heteroatoms. The van der Waals surface area contributed by atoms with Gasteiger partial charge in [-0.2, -0.15) is 0 Å². The number of hydrogen-bond donors (Lipinski definition) is 2. The average molecular weight is 291 g/mol. The van der Waals surface area contributed by atoms with Crippen LogP contribution in [0.25, 0.3) is 0 Å². The second-order valence-corrected chi connectivity index (χ2v) is 5.11. The highest BCUT2D eigenvalue weighted by Crippen LogP contribution is 2.28. The van der Waals surface area contributed by atoms with E-state index in [1.54, 1.807) is 30.1 Å². The molecule has 0 bridgehead atoms. The summed E-state index contributed by atoms with van der Waals surface area (Å²) in [5, 5.41) is 11.9. The molecule has 1 fully saturated rings. The number of nitrogens with zero attached hydrogens (tertiary/aromatic N) is 2. The minimum atomic E-state index is -0.139. The Balaban J connectivity index is 2.28. The quantitative estimate of drug-likeness (QED) is 0.381. The van der Waals surface area contributed by atoms with Gasteiger partial charge in [-0.3, -0.25) is 4.79 Å². The molecule has 1 amide bonds. The highest BCUT2D eigenvalue weighted by Gasteiger charge is 2.35. The number of anilines is 1. The van der Waals surface area contributed by atoms with Crippen molar-refractivity contribution in [3.63, 3.8) is 0 Å². The fraction of sp³-hybridized carbons (Fsp3) is 0.467. The van der Waals surface area contributed by atoms with E-state index in [1.807, 2.05) is 13.0 Å². The Bertz CT molecular complexity index is 545. The Hall–Kier alpha value is -2.08. The van der Waals surface area contributed by atoms with Gasteiger partial charge in [-0.1, -0.05) is 24.2 Å². The van der Waals surface area contributed by atoms with Crippen molar-refractivity contribution in [3.05, 3.63) is 29.8 Å². The summed E-state index contributed by atoms with van der Waals surface area (Å²) < 4.78 is 5.58. The van der Waals surface area contributed by atoms with Gasteiger partial charge in [-0.25, -0.2) is 0 Å². The minimum absolute atomic E-state index is 0.00228. The largest absolute Gasteiger partial charge is 0.409 e. The van der Waals surface area contributed by atoms with E-state index in [1.165, 1.54) is 0 Å². The number of benzene rings is 1.